The largest absolute Gasteiger partial charge is 0.361 e. The van der Waals surface area contributed by atoms with Gasteiger partial charge in [0.1, 0.15) is 5.52 Å². The Morgan fingerprint density at radius 2 is 2.05 bits per heavy atom. The average molecular weight is 281 g/mol. The lowest BCUT2D eigenvalue weighted by Gasteiger charge is -2.16. The molecule has 0 fully saturated rings. The maximum Gasteiger partial charge on any atom is 0.258 e. The summed E-state index contributed by atoms with van der Waals surface area (Å²) in [6.07, 6.45) is 3.27. The highest BCUT2D eigenvalue weighted by molar-refractivity contribution is 6.12. The standard InChI is InChI=1S/C15H15N5O/c1-20(2)14-12(7-4-8-16-14)19-15(21)10-5-3-6-11-13(10)18-9-17-11/h3-9H,1-2H3,(H,17,18)(H,19,21). The Bertz CT molecular complexity index is 793. The van der Waals surface area contributed by atoms with Gasteiger partial charge in [-0.3, -0.25) is 4.79 Å². The number of aromatic nitrogens is 3. The molecular weight excluding hydrogens is 266 g/mol. The van der Waals surface area contributed by atoms with Gasteiger partial charge in [0.15, 0.2) is 5.82 Å². The molecule has 1 amide bonds. The first kappa shape index (κ1) is 13.1. The van der Waals surface area contributed by atoms with Crippen molar-refractivity contribution in [3.8, 4) is 0 Å². The van der Waals surface area contributed by atoms with Gasteiger partial charge in [-0.15, -0.1) is 0 Å². The van der Waals surface area contributed by atoms with Gasteiger partial charge in [-0.25, -0.2) is 9.97 Å². The summed E-state index contributed by atoms with van der Waals surface area (Å²) in [5, 5.41) is 2.89. The molecule has 0 aliphatic heterocycles. The molecule has 0 bridgehead atoms. The van der Waals surface area contributed by atoms with Gasteiger partial charge in [-0.1, -0.05) is 6.07 Å². The van der Waals surface area contributed by atoms with Crippen LogP contribution < -0.4 is 10.2 Å². The second-order valence-electron chi connectivity index (χ2n) is 4.83. The number of rotatable bonds is 3. The second kappa shape index (κ2) is 5.24. The van der Waals surface area contributed by atoms with Crippen molar-refractivity contribution in [1.82, 2.24) is 15.0 Å². The Balaban J connectivity index is 1.96. The van der Waals surface area contributed by atoms with E-state index in [-0.39, 0.29) is 5.91 Å². The summed E-state index contributed by atoms with van der Waals surface area (Å²) >= 11 is 0. The number of benzene rings is 1. The summed E-state index contributed by atoms with van der Waals surface area (Å²) in [5.41, 5.74) is 2.69. The molecule has 106 valence electrons. The zero-order chi connectivity index (χ0) is 14.8. The zero-order valence-corrected chi connectivity index (χ0v) is 11.8. The number of carbonyl (C=O) groups is 1. The predicted molar refractivity (Wildman–Crippen MR) is 82.6 cm³/mol. The van der Waals surface area contributed by atoms with Gasteiger partial charge in [0.05, 0.1) is 23.1 Å². The molecule has 2 heterocycles. The van der Waals surface area contributed by atoms with Gasteiger partial charge in [-0.2, -0.15) is 0 Å². The van der Waals surface area contributed by atoms with Crippen molar-refractivity contribution in [1.29, 1.82) is 0 Å². The number of carbonyl (C=O) groups excluding carboxylic acids is 1. The van der Waals surface area contributed by atoms with Crippen molar-refractivity contribution in [3.63, 3.8) is 0 Å². The van der Waals surface area contributed by atoms with E-state index in [1.807, 2.05) is 37.2 Å². The Kier molecular flexibility index (Phi) is 3.27. The normalized spacial score (nSPS) is 10.6. The molecule has 3 aromatic rings. The first-order valence-electron chi connectivity index (χ1n) is 6.52. The lowest BCUT2D eigenvalue weighted by molar-refractivity contribution is 0.102. The van der Waals surface area contributed by atoms with Crippen LogP contribution in [0.15, 0.2) is 42.9 Å². The number of anilines is 2. The van der Waals surface area contributed by atoms with Crippen LogP contribution in [0.25, 0.3) is 11.0 Å². The summed E-state index contributed by atoms with van der Waals surface area (Å²) in [7, 11) is 3.76. The van der Waals surface area contributed by atoms with Crippen molar-refractivity contribution in [2.24, 2.45) is 0 Å². The van der Waals surface area contributed by atoms with Gasteiger partial charge >= 0.3 is 0 Å². The van der Waals surface area contributed by atoms with Gasteiger partial charge in [0, 0.05) is 20.3 Å². The molecule has 2 N–H and O–H groups in total. The minimum Gasteiger partial charge on any atom is -0.361 e. The van der Waals surface area contributed by atoms with Crippen molar-refractivity contribution in [2.45, 2.75) is 0 Å². The van der Waals surface area contributed by atoms with E-state index in [9.17, 15) is 4.79 Å². The third-order valence-electron chi connectivity index (χ3n) is 3.15. The molecule has 2 aromatic heterocycles. The summed E-state index contributed by atoms with van der Waals surface area (Å²) in [6.45, 7) is 0. The molecule has 0 aliphatic carbocycles. The SMILES string of the molecule is CN(C)c1ncccc1NC(=O)c1cccc2[nH]cnc12. The van der Waals surface area contributed by atoms with Crippen LogP contribution in [0.2, 0.25) is 0 Å². The molecular formula is C15H15N5O. The number of H-pyrrole nitrogens is 1. The monoisotopic (exact) mass is 281 g/mol. The third-order valence-corrected chi connectivity index (χ3v) is 3.15. The molecule has 0 aliphatic rings. The first-order chi connectivity index (χ1) is 10.2. The van der Waals surface area contributed by atoms with E-state index in [2.05, 4.69) is 20.3 Å². The van der Waals surface area contributed by atoms with E-state index in [1.54, 1.807) is 24.7 Å². The number of fused-ring (bicyclic) bond motifs is 1. The fourth-order valence-electron chi connectivity index (χ4n) is 2.19. The van der Waals surface area contributed by atoms with Crippen LogP contribution in [0.1, 0.15) is 10.4 Å². The highest BCUT2D eigenvalue weighted by Crippen LogP contribution is 2.22. The first-order valence-corrected chi connectivity index (χ1v) is 6.52. The predicted octanol–water partition coefficient (Wildman–Crippen LogP) is 2.28. The number of imidazole rings is 1. The van der Waals surface area contributed by atoms with Crippen molar-refractivity contribution in [3.05, 3.63) is 48.4 Å². The Labute approximate surface area is 121 Å². The lowest BCUT2D eigenvalue weighted by atomic mass is 10.1. The molecule has 3 rings (SSSR count). The van der Waals surface area contributed by atoms with E-state index >= 15 is 0 Å². The summed E-state index contributed by atoms with van der Waals surface area (Å²) in [6, 6.07) is 9.08. The van der Waals surface area contributed by atoms with Crippen LogP contribution in [-0.2, 0) is 0 Å². The third kappa shape index (κ3) is 2.43. The Morgan fingerprint density at radius 1 is 1.19 bits per heavy atom. The molecule has 0 atom stereocenters. The molecule has 6 nitrogen and oxygen atoms in total. The summed E-state index contributed by atoms with van der Waals surface area (Å²) in [4.78, 5) is 25.8. The number of pyridine rings is 1. The molecule has 0 radical (unpaired) electrons. The maximum absolute atomic E-state index is 12.5. The molecule has 6 heteroatoms. The topological polar surface area (TPSA) is 73.9 Å². The summed E-state index contributed by atoms with van der Waals surface area (Å²) in [5.74, 6) is 0.504. The molecule has 0 spiro atoms. The highest BCUT2D eigenvalue weighted by atomic mass is 16.1. The number of para-hydroxylation sites is 1. The maximum atomic E-state index is 12.5. The van der Waals surface area contributed by atoms with Gasteiger partial charge < -0.3 is 15.2 Å². The molecule has 0 saturated heterocycles. The smallest absolute Gasteiger partial charge is 0.258 e. The molecule has 21 heavy (non-hydrogen) atoms. The quantitative estimate of drug-likeness (QED) is 0.772. The van der Waals surface area contributed by atoms with Crippen LogP contribution in [0.5, 0.6) is 0 Å². The van der Waals surface area contributed by atoms with Crippen LogP contribution in [0, 0.1) is 0 Å². The van der Waals surface area contributed by atoms with E-state index in [0.717, 1.165) is 5.52 Å². The average Bonchev–Trinajstić information content (AvgIpc) is 2.95. The van der Waals surface area contributed by atoms with E-state index in [4.69, 9.17) is 0 Å². The van der Waals surface area contributed by atoms with Crippen LogP contribution >= 0.6 is 0 Å². The zero-order valence-electron chi connectivity index (χ0n) is 11.8. The number of hydrogen-bond donors (Lipinski definition) is 2. The Morgan fingerprint density at radius 3 is 2.86 bits per heavy atom. The summed E-state index contributed by atoms with van der Waals surface area (Å²) < 4.78 is 0. The van der Waals surface area contributed by atoms with Crippen molar-refractivity contribution < 1.29 is 4.79 Å². The van der Waals surface area contributed by atoms with Crippen molar-refractivity contribution in [2.75, 3.05) is 24.3 Å². The number of aromatic amines is 1. The van der Waals surface area contributed by atoms with E-state index in [0.29, 0.717) is 22.6 Å². The number of nitrogens with zero attached hydrogens (tertiary/aromatic N) is 3. The minimum absolute atomic E-state index is 0.205. The van der Waals surface area contributed by atoms with Crippen molar-refractivity contribution >= 4 is 28.4 Å². The fraction of sp³-hybridized carbons (Fsp3) is 0.133. The van der Waals surface area contributed by atoms with E-state index < -0.39 is 0 Å². The molecule has 0 saturated carbocycles. The Hall–Kier alpha value is -2.89. The van der Waals surface area contributed by atoms with Crippen LogP contribution in [0.3, 0.4) is 0 Å². The highest BCUT2D eigenvalue weighted by Gasteiger charge is 2.14. The van der Waals surface area contributed by atoms with Gasteiger partial charge in [0.2, 0.25) is 0 Å². The molecule has 1 aromatic carbocycles. The van der Waals surface area contributed by atoms with E-state index in [1.165, 1.54) is 0 Å². The second-order valence-corrected chi connectivity index (χ2v) is 4.83. The number of hydrogen-bond acceptors (Lipinski definition) is 4. The van der Waals surface area contributed by atoms with Gasteiger partial charge in [0.25, 0.3) is 5.91 Å². The van der Waals surface area contributed by atoms with Crippen LogP contribution in [-0.4, -0.2) is 35.0 Å². The van der Waals surface area contributed by atoms with Crippen LogP contribution in [0.4, 0.5) is 11.5 Å². The van der Waals surface area contributed by atoms with Gasteiger partial charge in [-0.05, 0) is 24.3 Å². The minimum atomic E-state index is -0.205. The fourth-order valence-corrected chi connectivity index (χ4v) is 2.19. The lowest BCUT2D eigenvalue weighted by Crippen LogP contribution is -2.18. The number of nitrogens with one attached hydrogen (secondary N) is 2. The molecule has 0 unspecified atom stereocenters. The number of amides is 1.